The van der Waals surface area contributed by atoms with E-state index in [1.807, 2.05) is 30.3 Å². The van der Waals surface area contributed by atoms with Crippen LogP contribution >= 0.6 is 0 Å². The molecule has 7 aromatic rings. The lowest BCUT2D eigenvalue weighted by molar-refractivity contribution is 0.670. The highest BCUT2D eigenvalue weighted by molar-refractivity contribution is 6.11. The summed E-state index contributed by atoms with van der Waals surface area (Å²) < 4.78 is 6.41. The second-order valence-electron chi connectivity index (χ2n) is 9.58. The minimum absolute atomic E-state index is 0.739. The number of rotatable bonds is 4. The van der Waals surface area contributed by atoms with E-state index in [1.165, 1.54) is 5.56 Å². The standard InChI is InChI=1S/C36H25NO/c37-35-32(27-16-9-15-26(21-27)24-11-3-1-4-12-24)22-28(25-13-5-2-6-14-25)23-33(35)31-19-10-18-30-29-17-7-8-20-34(29)38-36(30)31/h1-23H,37H2. The molecule has 0 atom stereocenters. The molecule has 180 valence electrons. The zero-order chi connectivity index (χ0) is 25.5. The van der Waals surface area contributed by atoms with Crippen molar-refractivity contribution in [3.8, 4) is 44.5 Å². The highest BCUT2D eigenvalue weighted by atomic mass is 16.3. The Morgan fingerprint density at radius 2 is 0.974 bits per heavy atom. The molecule has 2 heteroatoms. The maximum atomic E-state index is 7.03. The highest BCUT2D eigenvalue weighted by Crippen LogP contribution is 2.43. The number of para-hydroxylation sites is 2. The molecular weight excluding hydrogens is 462 g/mol. The van der Waals surface area contributed by atoms with Gasteiger partial charge in [-0.15, -0.1) is 0 Å². The molecule has 0 aliphatic rings. The minimum Gasteiger partial charge on any atom is -0.455 e. The van der Waals surface area contributed by atoms with Gasteiger partial charge in [-0.1, -0.05) is 115 Å². The third kappa shape index (κ3) is 3.75. The second kappa shape index (κ2) is 9.10. The van der Waals surface area contributed by atoms with Crippen molar-refractivity contribution < 1.29 is 4.42 Å². The largest absolute Gasteiger partial charge is 0.455 e. The van der Waals surface area contributed by atoms with Crippen LogP contribution in [-0.2, 0) is 0 Å². The summed E-state index contributed by atoms with van der Waals surface area (Å²) in [6.07, 6.45) is 0. The average Bonchev–Trinajstić information content (AvgIpc) is 3.37. The molecule has 0 unspecified atom stereocenters. The molecule has 38 heavy (non-hydrogen) atoms. The Kier molecular flexibility index (Phi) is 5.30. The van der Waals surface area contributed by atoms with Gasteiger partial charge in [-0.25, -0.2) is 0 Å². The fourth-order valence-electron chi connectivity index (χ4n) is 5.37. The zero-order valence-electron chi connectivity index (χ0n) is 20.8. The first-order chi connectivity index (χ1) is 18.8. The number of hydrogen-bond donors (Lipinski definition) is 1. The van der Waals surface area contributed by atoms with Gasteiger partial charge in [0, 0.05) is 33.2 Å². The van der Waals surface area contributed by atoms with Crippen LogP contribution in [0.25, 0.3) is 66.4 Å². The topological polar surface area (TPSA) is 39.2 Å². The summed E-state index contributed by atoms with van der Waals surface area (Å²) in [5.41, 5.74) is 18.2. The minimum atomic E-state index is 0.739. The molecule has 0 bridgehead atoms. The third-order valence-corrected chi connectivity index (χ3v) is 7.26. The Bertz CT molecular complexity index is 1920. The highest BCUT2D eigenvalue weighted by Gasteiger charge is 2.18. The van der Waals surface area contributed by atoms with Crippen molar-refractivity contribution in [1.82, 2.24) is 0 Å². The van der Waals surface area contributed by atoms with Crippen molar-refractivity contribution in [2.75, 3.05) is 5.73 Å². The summed E-state index contributed by atoms with van der Waals surface area (Å²) in [6.45, 7) is 0. The zero-order valence-corrected chi connectivity index (χ0v) is 20.8. The van der Waals surface area contributed by atoms with Gasteiger partial charge < -0.3 is 10.2 Å². The first-order valence-electron chi connectivity index (χ1n) is 12.8. The van der Waals surface area contributed by atoms with Crippen molar-refractivity contribution in [1.29, 1.82) is 0 Å². The Balaban J connectivity index is 1.49. The van der Waals surface area contributed by atoms with Crippen LogP contribution in [-0.4, -0.2) is 0 Å². The first kappa shape index (κ1) is 22.1. The van der Waals surface area contributed by atoms with Crippen LogP contribution in [0, 0.1) is 0 Å². The number of furan rings is 1. The number of nitrogen functional groups attached to an aromatic ring is 1. The molecule has 2 N–H and O–H groups in total. The van der Waals surface area contributed by atoms with Crippen molar-refractivity contribution in [3.05, 3.63) is 140 Å². The molecule has 0 spiro atoms. The molecule has 0 amide bonds. The van der Waals surface area contributed by atoms with Crippen LogP contribution in [0.2, 0.25) is 0 Å². The molecule has 0 aliphatic heterocycles. The van der Waals surface area contributed by atoms with Gasteiger partial charge in [0.25, 0.3) is 0 Å². The molecule has 0 radical (unpaired) electrons. The van der Waals surface area contributed by atoms with Crippen LogP contribution < -0.4 is 5.73 Å². The number of benzene rings is 6. The maximum Gasteiger partial charge on any atom is 0.143 e. The second-order valence-corrected chi connectivity index (χ2v) is 9.58. The van der Waals surface area contributed by atoms with E-state index in [0.29, 0.717) is 0 Å². The SMILES string of the molecule is Nc1c(-c2cccc(-c3ccccc3)c2)cc(-c2ccccc2)cc1-c1cccc2c1oc1ccccc12. The third-order valence-electron chi connectivity index (χ3n) is 7.26. The number of fused-ring (bicyclic) bond motifs is 3. The Morgan fingerprint density at radius 3 is 1.76 bits per heavy atom. The summed E-state index contributed by atoms with van der Waals surface area (Å²) in [5.74, 6) is 0. The first-order valence-corrected chi connectivity index (χ1v) is 12.8. The van der Waals surface area contributed by atoms with E-state index in [2.05, 4.69) is 109 Å². The van der Waals surface area contributed by atoms with Crippen LogP contribution in [0.1, 0.15) is 0 Å². The van der Waals surface area contributed by atoms with Gasteiger partial charge in [0.1, 0.15) is 11.2 Å². The average molecular weight is 488 g/mol. The van der Waals surface area contributed by atoms with Crippen LogP contribution in [0.4, 0.5) is 5.69 Å². The van der Waals surface area contributed by atoms with Crippen molar-refractivity contribution in [3.63, 3.8) is 0 Å². The van der Waals surface area contributed by atoms with Crippen molar-refractivity contribution in [2.24, 2.45) is 0 Å². The molecule has 2 nitrogen and oxygen atoms in total. The Morgan fingerprint density at radius 1 is 0.395 bits per heavy atom. The summed E-state index contributed by atoms with van der Waals surface area (Å²) >= 11 is 0. The molecule has 6 aromatic carbocycles. The van der Waals surface area contributed by atoms with E-state index in [-0.39, 0.29) is 0 Å². The predicted molar refractivity (Wildman–Crippen MR) is 160 cm³/mol. The van der Waals surface area contributed by atoms with E-state index < -0.39 is 0 Å². The van der Waals surface area contributed by atoms with E-state index in [4.69, 9.17) is 10.2 Å². The van der Waals surface area contributed by atoms with Gasteiger partial charge in [0.15, 0.2) is 0 Å². The van der Waals surface area contributed by atoms with Gasteiger partial charge in [-0.05, 0) is 52.1 Å². The summed E-state index contributed by atoms with van der Waals surface area (Å²) in [7, 11) is 0. The van der Waals surface area contributed by atoms with Gasteiger partial charge in [0.2, 0.25) is 0 Å². The van der Waals surface area contributed by atoms with Crippen LogP contribution in [0.3, 0.4) is 0 Å². The van der Waals surface area contributed by atoms with E-state index in [0.717, 1.165) is 66.6 Å². The predicted octanol–water partition coefficient (Wildman–Crippen LogP) is 9.84. The lowest BCUT2D eigenvalue weighted by atomic mass is 9.90. The Labute approximate surface area is 221 Å². The molecule has 1 aromatic heterocycles. The lowest BCUT2D eigenvalue weighted by Crippen LogP contribution is -1.96. The molecule has 0 aliphatic carbocycles. The normalized spacial score (nSPS) is 11.3. The molecule has 0 saturated heterocycles. The van der Waals surface area contributed by atoms with Crippen LogP contribution in [0.5, 0.6) is 0 Å². The monoisotopic (exact) mass is 487 g/mol. The fraction of sp³-hybridized carbons (Fsp3) is 0. The molecule has 7 rings (SSSR count). The summed E-state index contributed by atoms with van der Waals surface area (Å²) in [5, 5.41) is 2.20. The van der Waals surface area contributed by atoms with E-state index in [1.54, 1.807) is 0 Å². The van der Waals surface area contributed by atoms with Gasteiger partial charge in [-0.3, -0.25) is 0 Å². The fourth-order valence-corrected chi connectivity index (χ4v) is 5.37. The maximum absolute atomic E-state index is 7.03. The van der Waals surface area contributed by atoms with E-state index >= 15 is 0 Å². The van der Waals surface area contributed by atoms with Crippen molar-refractivity contribution >= 4 is 27.6 Å². The molecule has 0 saturated carbocycles. The number of nitrogens with two attached hydrogens (primary N) is 1. The molecular formula is C36H25NO. The van der Waals surface area contributed by atoms with Crippen molar-refractivity contribution in [2.45, 2.75) is 0 Å². The lowest BCUT2D eigenvalue weighted by Gasteiger charge is -2.16. The van der Waals surface area contributed by atoms with E-state index in [9.17, 15) is 0 Å². The van der Waals surface area contributed by atoms with Crippen LogP contribution in [0.15, 0.2) is 144 Å². The quantitative estimate of drug-likeness (QED) is 0.251. The number of anilines is 1. The number of hydrogen-bond acceptors (Lipinski definition) is 2. The Hall–Kier alpha value is -5.08. The summed E-state index contributed by atoms with van der Waals surface area (Å²) in [6, 6.07) is 48.4. The summed E-state index contributed by atoms with van der Waals surface area (Å²) in [4.78, 5) is 0. The van der Waals surface area contributed by atoms with Gasteiger partial charge >= 0.3 is 0 Å². The van der Waals surface area contributed by atoms with Gasteiger partial charge in [0.05, 0.1) is 0 Å². The van der Waals surface area contributed by atoms with Gasteiger partial charge in [-0.2, -0.15) is 0 Å². The smallest absolute Gasteiger partial charge is 0.143 e. The molecule has 0 fully saturated rings. The molecule has 1 heterocycles.